The summed E-state index contributed by atoms with van der Waals surface area (Å²) in [6.07, 6.45) is -1.97. The van der Waals surface area contributed by atoms with E-state index in [1.165, 1.54) is 6.92 Å². The Morgan fingerprint density at radius 3 is 1.61 bits per heavy atom. The van der Waals surface area contributed by atoms with Crippen LogP contribution in [0.15, 0.2) is 115 Å². The summed E-state index contributed by atoms with van der Waals surface area (Å²) >= 11 is 0. The first-order valence-electron chi connectivity index (χ1n) is 15.8. The van der Waals surface area contributed by atoms with Crippen LogP contribution in [0.4, 0.5) is 4.79 Å². The third kappa shape index (κ3) is 11.8. The van der Waals surface area contributed by atoms with E-state index in [4.69, 9.17) is 14.2 Å². The molecule has 4 aromatic carbocycles. The SMILES string of the molecule is COC(=O)C(NC(=O)C(Cc1ccc(OCc2ccccc2)cc1)NC(=O)C(Cc1ccccc1)NC(=O)OCc1ccccc1)C(C)O. The summed E-state index contributed by atoms with van der Waals surface area (Å²) in [6.45, 7) is 1.71. The van der Waals surface area contributed by atoms with Crippen LogP contribution in [-0.2, 0) is 49.9 Å². The van der Waals surface area contributed by atoms with Crippen molar-refractivity contribution in [3.05, 3.63) is 138 Å². The fourth-order valence-electron chi connectivity index (χ4n) is 4.90. The van der Waals surface area contributed by atoms with Crippen LogP contribution in [0.25, 0.3) is 0 Å². The topological polar surface area (TPSA) is 152 Å². The Morgan fingerprint density at radius 2 is 1.08 bits per heavy atom. The van der Waals surface area contributed by atoms with E-state index in [-0.39, 0.29) is 19.4 Å². The van der Waals surface area contributed by atoms with Gasteiger partial charge in [0.2, 0.25) is 11.8 Å². The molecule has 4 unspecified atom stereocenters. The molecule has 0 fully saturated rings. The average Bonchev–Trinajstić information content (AvgIpc) is 3.12. The second kappa shape index (κ2) is 18.6. The van der Waals surface area contributed by atoms with E-state index in [0.717, 1.165) is 23.8 Å². The summed E-state index contributed by atoms with van der Waals surface area (Å²) in [7, 11) is 1.14. The number of nitrogens with one attached hydrogen (secondary N) is 3. The smallest absolute Gasteiger partial charge is 0.408 e. The minimum atomic E-state index is -1.38. The zero-order valence-corrected chi connectivity index (χ0v) is 27.4. The van der Waals surface area contributed by atoms with Gasteiger partial charge < -0.3 is 35.3 Å². The summed E-state index contributed by atoms with van der Waals surface area (Å²) in [5.41, 5.74) is 3.21. The molecule has 256 valence electrons. The van der Waals surface area contributed by atoms with E-state index in [1.807, 2.05) is 78.9 Å². The Hall–Kier alpha value is -5.68. The van der Waals surface area contributed by atoms with Gasteiger partial charge in [0, 0.05) is 12.8 Å². The Morgan fingerprint density at radius 1 is 0.612 bits per heavy atom. The Balaban J connectivity index is 1.51. The number of aliphatic hydroxyl groups is 1. The molecule has 0 aliphatic carbocycles. The molecule has 0 aromatic heterocycles. The molecule has 49 heavy (non-hydrogen) atoms. The van der Waals surface area contributed by atoms with Crippen LogP contribution in [0.5, 0.6) is 5.75 Å². The van der Waals surface area contributed by atoms with Crippen molar-refractivity contribution in [1.29, 1.82) is 0 Å². The molecule has 0 spiro atoms. The molecule has 4 N–H and O–H groups in total. The maximum atomic E-state index is 13.8. The van der Waals surface area contributed by atoms with Crippen LogP contribution in [0.2, 0.25) is 0 Å². The molecule has 4 atom stereocenters. The molecule has 0 radical (unpaired) electrons. The molecular formula is C38H41N3O8. The van der Waals surface area contributed by atoms with Crippen molar-refractivity contribution in [2.75, 3.05) is 7.11 Å². The maximum Gasteiger partial charge on any atom is 0.408 e. The monoisotopic (exact) mass is 667 g/mol. The summed E-state index contributed by atoms with van der Waals surface area (Å²) in [6, 6.07) is 31.2. The lowest BCUT2D eigenvalue weighted by molar-refractivity contribution is -0.148. The van der Waals surface area contributed by atoms with Crippen molar-refractivity contribution in [2.24, 2.45) is 0 Å². The second-order valence-electron chi connectivity index (χ2n) is 11.4. The number of ether oxygens (including phenoxy) is 3. The minimum Gasteiger partial charge on any atom is -0.489 e. The Labute approximate surface area is 285 Å². The molecule has 0 saturated carbocycles. The number of esters is 1. The molecule has 0 heterocycles. The van der Waals surface area contributed by atoms with Gasteiger partial charge in [0.25, 0.3) is 0 Å². The number of carbonyl (C=O) groups is 4. The van der Waals surface area contributed by atoms with Crippen LogP contribution in [0, 0.1) is 0 Å². The number of methoxy groups -OCH3 is 1. The zero-order valence-electron chi connectivity index (χ0n) is 27.4. The van der Waals surface area contributed by atoms with E-state index in [0.29, 0.717) is 17.9 Å². The van der Waals surface area contributed by atoms with Gasteiger partial charge in [-0.2, -0.15) is 0 Å². The summed E-state index contributed by atoms with van der Waals surface area (Å²) in [5, 5.41) is 18.1. The summed E-state index contributed by atoms with van der Waals surface area (Å²) in [4.78, 5) is 52.6. The van der Waals surface area contributed by atoms with Crippen molar-refractivity contribution in [2.45, 2.75) is 57.2 Å². The van der Waals surface area contributed by atoms with E-state index >= 15 is 0 Å². The first-order chi connectivity index (χ1) is 23.7. The average molecular weight is 668 g/mol. The molecule has 4 aromatic rings. The Bertz CT molecular complexity index is 1630. The van der Waals surface area contributed by atoms with Gasteiger partial charge in [-0.05, 0) is 41.3 Å². The number of benzene rings is 4. The normalized spacial score (nSPS) is 13.1. The number of hydrogen-bond acceptors (Lipinski definition) is 8. The largest absolute Gasteiger partial charge is 0.489 e. The van der Waals surface area contributed by atoms with Crippen LogP contribution in [0.3, 0.4) is 0 Å². The predicted octanol–water partition coefficient (Wildman–Crippen LogP) is 3.87. The number of carbonyl (C=O) groups excluding carboxylic acids is 4. The molecule has 0 aliphatic heterocycles. The lowest BCUT2D eigenvalue weighted by atomic mass is 10.0. The molecule has 3 amide bonds. The third-order valence-corrected chi connectivity index (χ3v) is 7.58. The van der Waals surface area contributed by atoms with Crippen molar-refractivity contribution >= 4 is 23.9 Å². The fourth-order valence-corrected chi connectivity index (χ4v) is 4.90. The molecule has 0 aliphatic rings. The molecule has 4 rings (SSSR count). The first kappa shape index (κ1) is 36.2. The van der Waals surface area contributed by atoms with Crippen molar-refractivity contribution in [3.63, 3.8) is 0 Å². The van der Waals surface area contributed by atoms with E-state index in [9.17, 15) is 24.3 Å². The number of aliphatic hydroxyl groups excluding tert-OH is 1. The minimum absolute atomic E-state index is 0.00327. The molecule has 0 saturated heterocycles. The molecular weight excluding hydrogens is 626 g/mol. The van der Waals surface area contributed by atoms with Gasteiger partial charge in [0.05, 0.1) is 13.2 Å². The number of rotatable bonds is 16. The molecule has 11 nitrogen and oxygen atoms in total. The van der Waals surface area contributed by atoms with Crippen molar-refractivity contribution in [3.8, 4) is 5.75 Å². The van der Waals surface area contributed by atoms with Gasteiger partial charge in [-0.1, -0.05) is 103 Å². The lowest BCUT2D eigenvalue weighted by Crippen LogP contribution is -2.58. The van der Waals surface area contributed by atoms with Gasteiger partial charge >= 0.3 is 12.1 Å². The van der Waals surface area contributed by atoms with Gasteiger partial charge in [0.15, 0.2) is 6.04 Å². The highest BCUT2D eigenvalue weighted by Gasteiger charge is 2.32. The van der Waals surface area contributed by atoms with Crippen LogP contribution >= 0.6 is 0 Å². The third-order valence-electron chi connectivity index (χ3n) is 7.58. The lowest BCUT2D eigenvalue weighted by Gasteiger charge is -2.26. The quantitative estimate of drug-likeness (QED) is 0.132. The molecule has 11 heteroatoms. The van der Waals surface area contributed by atoms with Gasteiger partial charge in [0.1, 0.15) is 31.0 Å². The Kier molecular flexibility index (Phi) is 13.7. The fraction of sp³-hybridized carbons (Fsp3) is 0.263. The highest BCUT2D eigenvalue weighted by Crippen LogP contribution is 2.16. The van der Waals surface area contributed by atoms with Gasteiger partial charge in [-0.25, -0.2) is 9.59 Å². The van der Waals surface area contributed by atoms with Gasteiger partial charge in [-0.3, -0.25) is 9.59 Å². The van der Waals surface area contributed by atoms with Gasteiger partial charge in [-0.15, -0.1) is 0 Å². The van der Waals surface area contributed by atoms with E-state index in [2.05, 4.69) is 16.0 Å². The number of hydrogen-bond donors (Lipinski definition) is 4. The number of amides is 3. The maximum absolute atomic E-state index is 13.8. The predicted molar refractivity (Wildman–Crippen MR) is 182 cm³/mol. The second-order valence-corrected chi connectivity index (χ2v) is 11.4. The van der Waals surface area contributed by atoms with E-state index < -0.39 is 48.1 Å². The van der Waals surface area contributed by atoms with Crippen LogP contribution in [-0.4, -0.2) is 60.3 Å². The molecule has 0 bridgehead atoms. The van der Waals surface area contributed by atoms with Crippen molar-refractivity contribution in [1.82, 2.24) is 16.0 Å². The summed E-state index contributed by atoms with van der Waals surface area (Å²) in [5.74, 6) is -1.63. The zero-order chi connectivity index (χ0) is 35.0. The highest BCUT2D eigenvalue weighted by molar-refractivity contribution is 5.93. The standard InChI is InChI=1S/C38H41N3O8/c1-26(42)34(37(45)47-2)41-36(44)32(23-28-18-20-31(21-19-28)48-24-29-14-8-4-9-15-29)39-35(43)33(22-27-12-6-3-7-13-27)40-38(46)49-25-30-16-10-5-11-17-30/h3-21,26,32-34,42H,22-25H2,1-2H3,(H,39,43)(H,40,46)(H,41,44). The number of alkyl carbamates (subject to hydrolysis) is 1. The van der Waals surface area contributed by atoms with E-state index in [1.54, 1.807) is 36.4 Å². The highest BCUT2D eigenvalue weighted by atomic mass is 16.5. The van der Waals surface area contributed by atoms with Crippen molar-refractivity contribution < 1.29 is 38.5 Å². The summed E-state index contributed by atoms with van der Waals surface area (Å²) < 4.78 is 16.0. The van der Waals surface area contributed by atoms with Crippen LogP contribution in [0.1, 0.15) is 29.2 Å². The first-order valence-corrected chi connectivity index (χ1v) is 15.8. The van der Waals surface area contributed by atoms with Crippen LogP contribution < -0.4 is 20.7 Å².